The first-order chi connectivity index (χ1) is 9.58. The Balaban J connectivity index is 2.23. The van der Waals surface area contributed by atoms with E-state index in [1.807, 2.05) is 6.07 Å². The van der Waals surface area contributed by atoms with Gasteiger partial charge in [-0.2, -0.15) is 0 Å². The van der Waals surface area contributed by atoms with Crippen molar-refractivity contribution in [3.05, 3.63) is 59.4 Å². The van der Waals surface area contributed by atoms with Crippen LogP contribution >= 0.6 is 11.8 Å². The van der Waals surface area contributed by atoms with Gasteiger partial charge in [-0.25, -0.2) is 4.39 Å². The van der Waals surface area contributed by atoms with Gasteiger partial charge in [-0.05, 0) is 55.7 Å². The summed E-state index contributed by atoms with van der Waals surface area (Å²) in [7, 11) is 0. The lowest BCUT2D eigenvalue weighted by Crippen LogP contribution is -2.21. The molecule has 0 aromatic heterocycles. The Labute approximate surface area is 124 Å². The largest absolute Gasteiger partial charge is 0.327 e. The van der Waals surface area contributed by atoms with Crippen LogP contribution in [0.2, 0.25) is 0 Å². The van der Waals surface area contributed by atoms with Crippen LogP contribution in [-0.2, 0) is 6.42 Å². The van der Waals surface area contributed by atoms with Crippen LogP contribution in [0.5, 0.6) is 0 Å². The van der Waals surface area contributed by atoms with Crippen molar-refractivity contribution in [3.63, 3.8) is 0 Å². The number of benzene rings is 2. The van der Waals surface area contributed by atoms with Crippen molar-refractivity contribution in [2.75, 3.05) is 0 Å². The predicted octanol–water partition coefficient (Wildman–Crippen LogP) is 4.57. The maximum absolute atomic E-state index is 13.4. The van der Waals surface area contributed by atoms with E-state index < -0.39 is 0 Å². The Kier molecular flexibility index (Phi) is 5.21. The Morgan fingerprint density at radius 2 is 1.85 bits per heavy atom. The maximum atomic E-state index is 13.4. The summed E-state index contributed by atoms with van der Waals surface area (Å²) >= 11 is 1.66. The normalized spacial score (nSPS) is 12.4. The van der Waals surface area contributed by atoms with Crippen molar-refractivity contribution in [3.8, 4) is 0 Å². The van der Waals surface area contributed by atoms with Gasteiger partial charge in [0.05, 0.1) is 0 Å². The van der Waals surface area contributed by atoms with Crippen molar-refractivity contribution < 1.29 is 4.39 Å². The quantitative estimate of drug-likeness (QED) is 0.873. The van der Waals surface area contributed by atoms with Crippen LogP contribution in [-0.4, -0.2) is 6.04 Å². The van der Waals surface area contributed by atoms with Gasteiger partial charge >= 0.3 is 0 Å². The van der Waals surface area contributed by atoms with Gasteiger partial charge in [0.2, 0.25) is 0 Å². The molecule has 0 bridgehead atoms. The molecule has 0 radical (unpaired) electrons. The first kappa shape index (κ1) is 15.1. The van der Waals surface area contributed by atoms with Gasteiger partial charge in [-0.15, -0.1) is 0 Å². The first-order valence-corrected chi connectivity index (χ1v) is 7.68. The van der Waals surface area contributed by atoms with Crippen LogP contribution in [0.3, 0.4) is 0 Å². The van der Waals surface area contributed by atoms with E-state index in [2.05, 4.69) is 38.1 Å². The Hall–Kier alpha value is -1.32. The van der Waals surface area contributed by atoms with E-state index in [1.165, 1.54) is 11.6 Å². The molecule has 0 amide bonds. The number of halogens is 1. The molecule has 2 rings (SSSR count). The summed E-state index contributed by atoms with van der Waals surface area (Å²) in [6.07, 6.45) is 1.60. The zero-order valence-corrected chi connectivity index (χ0v) is 12.7. The molecule has 0 saturated carbocycles. The van der Waals surface area contributed by atoms with Gasteiger partial charge in [-0.1, -0.05) is 36.4 Å². The van der Waals surface area contributed by atoms with Crippen molar-refractivity contribution in [2.24, 2.45) is 5.73 Å². The van der Waals surface area contributed by atoms with Crippen LogP contribution in [0.25, 0.3) is 0 Å². The number of aryl methyl sites for hydroxylation is 1. The second kappa shape index (κ2) is 6.91. The third-order valence-corrected chi connectivity index (χ3v) is 4.40. The summed E-state index contributed by atoms with van der Waals surface area (Å²) in [5.41, 5.74) is 8.23. The van der Waals surface area contributed by atoms with Crippen molar-refractivity contribution in [1.82, 2.24) is 0 Å². The van der Waals surface area contributed by atoms with Crippen molar-refractivity contribution in [2.45, 2.75) is 42.5 Å². The minimum Gasteiger partial charge on any atom is -0.327 e. The minimum atomic E-state index is -0.198. The molecule has 2 aromatic carbocycles. The zero-order valence-electron chi connectivity index (χ0n) is 11.9. The third kappa shape index (κ3) is 4.09. The summed E-state index contributed by atoms with van der Waals surface area (Å²) in [5.74, 6) is -0.198. The molecule has 2 N–H and O–H groups in total. The average molecular weight is 289 g/mol. The van der Waals surface area contributed by atoms with Gasteiger partial charge in [0.1, 0.15) is 5.82 Å². The molecular formula is C17H20FNS. The van der Waals surface area contributed by atoms with E-state index in [0.717, 1.165) is 21.8 Å². The minimum absolute atomic E-state index is 0.0779. The highest BCUT2D eigenvalue weighted by molar-refractivity contribution is 7.99. The molecule has 0 aliphatic carbocycles. The van der Waals surface area contributed by atoms with E-state index in [9.17, 15) is 4.39 Å². The fourth-order valence-corrected chi connectivity index (χ4v) is 2.90. The Bertz CT molecular complexity index is 566. The van der Waals surface area contributed by atoms with Crippen molar-refractivity contribution in [1.29, 1.82) is 0 Å². The highest BCUT2D eigenvalue weighted by Crippen LogP contribution is 2.31. The van der Waals surface area contributed by atoms with Gasteiger partial charge in [0.15, 0.2) is 0 Å². The van der Waals surface area contributed by atoms with Crippen LogP contribution in [0.1, 0.15) is 24.5 Å². The second-order valence-electron chi connectivity index (χ2n) is 5.04. The summed E-state index contributed by atoms with van der Waals surface area (Å²) in [4.78, 5) is 2.24. The summed E-state index contributed by atoms with van der Waals surface area (Å²) < 4.78 is 13.4. The lowest BCUT2D eigenvalue weighted by atomic mass is 10.0. The lowest BCUT2D eigenvalue weighted by Gasteiger charge is -2.13. The molecule has 1 unspecified atom stereocenters. The number of nitrogens with two attached hydrogens (primary N) is 1. The SMILES string of the molecule is CCC(N)Cc1cc(F)ccc1Sc1ccc(C)cc1. The number of hydrogen-bond donors (Lipinski definition) is 1. The van der Waals surface area contributed by atoms with Gasteiger partial charge in [-0.3, -0.25) is 0 Å². The molecule has 0 heterocycles. The molecule has 3 heteroatoms. The second-order valence-corrected chi connectivity index (χ2v) is 6.15. The van der Waals surface area contributed by atoms with Gasteiger partial charge in [0.25, 0.3) is 0 Å². The maximum Gasteiger partial charge on any atom is 0.123 e. The lowest BCUT2D eigenvalue weighted by molar-refractivity contribution is 0.610. The molecule has 106 valence electrons. The van der Waals surface area contributed by atoms with E-state index >= 15 is 0 Å². The van der Waals surface area contributed by atoms with Crippen LogP contribution in [0.15, 0.2) is 52.3 Å². The standard InChI is InChI=1S/C17H20FNS/c1-3-15(19)11-13-10-14(18)6-9-17(13)20-16-7-4-12(2)5-8-16/h4-10,15H,3,11,19H2,1-2H3. The number of hydrogen-bond acceptors (Lipinski definition) is 2. The molecular weight excluding hydrogens is 269 g/mol. The highest BCUT2D eigenvalue weighted by atomic mass is 32.2. The smallest absolute Gasteiger partial charge is 0.123 e. The molecule has 1 nitrogen and oxygen atoms in total. The third-order valence-electron chi connectivity index (χ3n) is 3.28. The first-order valence-electron chi connectivity index (χ1n) is 6.87. The van der Waals surface area contributed by atoms with E-state index in [0.29, 0.717) is 6.42 Å². The zero-order chi connectivity index (χ0) is 14.5. The molecule has 0 fully saturated rings. The topological polar surface area (TPSA) is 26.0 Å². The van der Waals surface area contributed by atoms with E-state index in [1.54, 1.807) is 17.8 Å². The van der Waals surface area contributed by atoms with Crippen LogP contribution < -0.4 is 5.73 Å². The molecule has 0 spiro atoms. The fourth-order valence-electron chi connectivity index (χ4n) is 1.97. The monoisotopic (exact) mass is 289 g/mol. The molecule has 0 aliphatic rings. The van der Waals surface area contributed by atoms with E-state index in [4.69, 9.17) is 5.73 Å². The Morgan fingerprint density at radius 3 is 2.50 bits per heavy atom. The summed E-state index contributed by atoms with van der Waals surface area (Å²) in [6.45, 7) is 4.12. The average Bonchev–Trinajstić information content (AvgIpc) is 2.44. The van der Waals surface area contributed by atoms with Crippen LogP contribution in [0.4, 0.5) is 4.39 Å². The van der Waals surface area contributed by atoms with E-state index in [-0.39, 0.29) is 11.9 Å². The molecule has 0 aliphatic heterocycles. The predicted molar refractivity (Wildman–Crippen MR) is 83.7 cm³/mol. The molecule has 0 saturated heterocycles. The summed E-state index contributed by atoms with van der Waals surface area (Å²) in [6, 6.07) is 13.4. The summed E-state index contributed by atoms with van der Waals surface area (Å²) in [5, 5.41) is 0. The molecule has 2 aromatic rings. The van der Waals surface area contributed by atoms with Crippen molar-refractivity contribution >= 4 is 11.8 Å². The fraction of sp³-hybridized carbons (Fsp3) is 0.294. The highest BCUT2D eigenvalue weighted by Gasteiger charge is 2.09. The van der Waals surface area contributed by atoms with Crippen LogP contribution in [0, 0.1) is 12.7 Å². The number of rotatable bonds is 5. The molecule has 1 atom stereocenters. The Morgan fingerprint density at radius 1 is 1.15 bits per heavy atom. The molecule has 20 heavy (non-hydrogen) atoms. The van der Waals surface area contributed by atoms with Gasteiger partial charge in [0, 0.05) is 15.8 Å². The van der Waals surface area contributed by atoms with Gasteiger partial charge < -0.3 is 5.73 Å².